The van der Waals surface area contributed by atoms with Crippen molar-refractivity contribution >= 4 is 34.6 Å². The van der Waals surface area contributed by atoms with Crippen LogP contribution in [-0.2, 0) is 4.79 Å². The molecule has 2 amide bonds. The highest BCUT2D eigenvalue weighted by Gasteiger charge is 2.08. The summed E-state index contributed by atoms with van der Waals surface area (Å²) >= 11 is 0. The molecule has 6 nitrogen and oxygen atoms in total. The maximum absolute atomic E-state index is 12.3. The summed E-state index contributed by atoms with van der Waals surface area (Å²) in [6.07, 6.45) is 3.16. The number of carbonyl (C=O) groups is 2. The summed E-state index contributed by atoms with van der Waals surface area (Å²) in [6.45, 7) is 1.46. The summed E-state index contributed by atoms with van der Waals surface area (Å²) in [6, 6.07) is 18.2. The molecule has 0 saturated carbocycles. The minimum absolute atomic E-state index is 0.118. The monoisotopic (exact) mass is 346 g/mol. The minimum Gasteiger partial charge on any atom is -0.354 e. The Morgan fingerprint density at radius 3 is 2.12 bits per heavy atom. The highest BCUT2D eigenvalue weighted by Crippen LogP contribution is 2.19. The average molecular weight is 346 g/mol. The van der Waals surface area contributed by atoms with Gasteiger partial charge < -0.3 is 16.0 Å². The van der Waals surface area contributed by atoms with Crippen molar-refractivity contribution in [1.82, 2.24) is 4.98 Å². The van der Waals surface area contributed by atoms with E-state index < -0.39 is 0 Å². The minimum atomic E-state index is -0.228. The van der Waals surface area contributed by atoms with E-state index in [4.69, 9.17) is 0 Å². The summed E-state index contributed by atoms with van der Waals surface area (Å²) in [4.78, 5) is 27.5. The molecule has 3 aromatic rings. The molecule has 0 saturated heterocycles. The van der Waals surface area contributed by atoms with Gasteiger partial charge in [-0.15, -0.1) is 0 Å². The number of aromatic nitrogens is 1. The zero-order chi connectivity index (χ0) is 18.4. The zero-order valence-corrected chi connectivity index (χ0v) is 14.2. The van der Waals surface area contributed by atoms with Gasteiger partial charge in [-0.2, -0.15) is 0 Å². The van der Waals surface area contributed by atoms with E-state index in [9.17, 15) is 9.59 Å². The van der Waals surface area contributed by atoms with Gasteiger partial charge >= 0.3 is 0 Å². The third kappa shape index (κ3) is 4.67. The van der Waals surface area contributed by atoms with Crippen molar-refractivity contribution in [2.24, 2.45) is 0 Å². The first-order chi connectivity index (χ1) is 12.6. The number of hydrogen-bond donors (Lipinski definition) is 3. The molecule has 3 N–H and O–H groups in total. The fourth-order valence-corrected chi connectivity index (χ4v) is 2.36. The Morgan fingerprint density at radius 1 is 0.769 bits per heavy atom. The molecule has 130 valence electrons. The third-order valence-electron chi connectivity index (χ3n) is 3.53. The first-order valence-electron chi connectivity index (χ1n) is 8.06. The van der Waals surface area contributed by atoms with Crippen molar-refractivity contribution in [1.29, 1.82) is 0 Å². The Morgan fingerprint density at radius 2 is 1.42 bits per heavy atom. The smallest absolute Gasteiger partial charge is 0.257 e. The van der Waals surface area contributed by atoms with Crippen LogP contribution < -0.4 is 16.0 Å². The molecule has 6 heteroatoms. The second-order valence-electron chi connectivity index (χ2n) is 5.67. The maximum Gasteiger partial charge on any atom is 0.257 e. The van der Waals surface area contributed by atoms with Crippen LogP contribution in [0.1, 0.15) is 17.3 Å². The molecule has 0 radical (unpaired) electrons. The lowest BCUT2D eigenvalue weighted by atomic mass is 10.2. The van der Waals surface area contributed by atoms with Gasteiger partial charge in [0.1, 0.15) is 0 Å². The van der Waals surface area contributed by atoms with Gasteiger partial charge in [-0.1, -0.05) is 18.2 Å². The third-order valence-corrected chi connectivity index (χ3v) is 3.53. The van der Waals surface area contributed by atoms with Gasteiger partial charge in [0.2, 0.25) is 5.91 Å². The van der Waals surface area contributed by atoms with Gasteiger partial charge in [0.05, 0.1) is 17.4 Å². The van der Waals surface area contributed by atoms with E-state index >= 15 is 0 Å². The van der Waals surface area contributed by atoms with E-state index in [0.717, 1.165) is 17.1 Å². The molecule has 0 aliphatic heterocycles. The van der Waals surface area contributed by atoms with E-state index in [1.807, 2.05) is 42.5 Å². The van der Waals surface area contributed by atoms with Crippen LogP contribution in [0.25, 0.3) is 0 Å². The Kier molecular flexibility index (Phi) is 5.24. The molecule has 0 aliphatic rings. The van der Waals surface area contributed by atoms with Gasteiger partial charge in [-0.25, -0.2) is 0 Å². The molecule has 1 heterocycles. The Hall–Kier alpha value is -3.67. The van der Waals surface area contributed by atoms with Crippen LogP contribution in [0.3, 0.4) is 0 Å². The van der Waals surface area contributed by atoms with Crippen LogP contribution in [-0.4, -0.2) is 16.8 Å². The number of rotatable bonds is 5. The van der Waals surface area contributed by atoms with E-state index in [-0.39, 0.29) is 11.8 Å². The average Bonchev–Trinajstić information content (AvgIpc) is 2.64. The zero-order valence-electron chi connectivity index (χ0n) is 14.2. The normalized spacial score (nSPS) is 10.0. The number of nitrogens with one attached hydrogen (secondary N) is 3. The molecule has 0 spiro atoms. The number of pyridine rings is 1. The van der Waals surface area contributed by atoms with E-state index in [1.165, 1.54) is 13.1 Å². The summed E-state index contributed by atoms with van der Waals surface area (Å²) in [5, 5.41) is 8.73. The van der Waals surface area contributed by atoms with Gasteiger partial charge in [0.25, 0.3) is 5.91 Å². The Balaban J connectivity index is 1.69. The van der Waals surface area contributed by atoms with Crippen molar-refractivity contribution in [3.05, 3.63) is 78.6 Å². The number of benzene rings is 2. The number of nitrogens with zero attached hydrogens (tertiary/aromatic N) is 1. The highest BCUT2D eigenvalue weighted by atomic mass is 16.2. The summed E-state index contributed by atoms with van der Waals surface area (Å²) in [7, 11) is 0. The molecule has 26 heavy (non-hydrogen) atoms. The molecule has 0 unspecified atom stereocenters. The van der Waals surface area contributed by atoms with Crippen LogP contribution in [0.4, 0.5) is 22.7 Å². The van der Waals surface area contributed by atoms with Crippen molar-refractivity contribution in [2.75, 3.05) is 16.0 Å². The van der Waals surface area contributed by atoms with Crippen molar-refractivity contribution in [2.45, 2.75) is 6.92 Å². The molecule has 0 aliphatic carbocycles. The topological polar surface area (TPSA) is 83.1 Å². The molecular formula is C20H18N4O2. The van der Waals surface area contributed by atoms with Crippen LogP contribution in [0.2, 0.25) is 0 Å². The molecule has 0 bridgehead atoms. The standard InChI is InChI=1S/C20H18N4O2/c1-14(25)22-17-7-9-18(10-8-17)23-19-11-15(12-21-13-19)20(26)24-16-5-3-2-4-6-16/h2-13,23H,1H3,(H,22,25)(H,24,26). The van der Waals surface area contributed by atoms with Gasteiger partial charge in [-0.05, 0) is 42.5 Å². The summed E-state index contributed by atoms with van der Waals surface area (Å²) in [5.74, 6) is -0.347. The van der Waals surface area contributed by atoms with Crippen LogP contribution >= 0.6 is 0 Å². The predicted molar refractivity (Wildman–Crippen MR) is 103 cm³/mol. The second kappa shape index (κ2) is 7.94. The lowest BCUT2D eigenvalue weighted by Gasteiger charge is -2.09. The first kappa shape index (κ1) is 17.2. The number of amides is 2. The summed E-state index contributed by atoms with van der Waals surface area (Å²) in [5.41, 5.74) is 3.41. The highest BCUT2D eigenvalue weighted by molar-refractivity contribution is 6.04. The van der Waals surface area contributed by atoms with Crippen molar-refractivity contribution in [3.63, 3.8) is 0 Å². The molecule has 0 fully saturated rings. The lowest BCUT2D eigenvalue weighted by molar-refractivity contribution is -0.114. The summed E-state index contributed by atoms with van der Waals surface area (Å²) < 4.78 is 0. The van der Waals surface area contributed by atoms with E-state index in [2.05, 4.69) is 20.9 Å². The SMILES string of the molecule is CC(=O)Nc1ccc(Nc2cncc(C(=O)Nc3ccccc3)c2)cc1. The first-order valence-corrected chi connectivity index (χ1v) is 8.06. The Labute approximate surface area is 151 Å². The van der Waals surface area contributed by atoms with Crippen molar-refractivity contribution < 1.29 is 9.59 Å². The molecule has 3 rings (SSSR count). The molecule has 2 aromatic carbocycles. The number of hydrogen-bond acceptors (Lipinski definition) is 4. The van der Waals surface area contributed by atoms with Gasteiger partial charge in [-0.3, -0.25) is 14.6 Å². The quantitative estimate of drug-likeness (QED) is 0.651. The van der Waals surface area contributed by atoms with Crippen LogP contribution in [0.5, 0.6) is 0 Å². The fraction of sp³-hybridized carbons (Fsp3) is 0.0500. The molecule has 0 atom stereocenters. The van der Waals surface area contributed by atoms with E-state index in [1.54, 1.807) is 24.4 Å². The van der Waals surface area contributed by atoms with Gasteiger partial charge in [0, 0.05) is 30.2 Å². The second-order valence-corrected chi connectivity index (χ2v) is 5.67. The van der Waals surface area contributed by atoms with Crippen LogP contribution in [0.15, 0.2) is 73.1 Å². The van der Waals surface area contributed by atoms with E-state index in [0.29, 0.717) is 11.3 Å². The lowest BCUT2D eigenvalue weighted by Crippen LogP contribution is -2.12. The fourth-order valence-electron chi connectivity index (χ4n) is 2.36. The largest absolute Gasteiger partial charge is 0.354 e. The molecular weight excluding hydrogens is 328 g/mol. The number of anilines is 4. The predicted octanol–water partition coefficient (Wildman–Crippen LogP) is 4.04. The number of carbonyl (C=O) groups excluding carboxylic acids is 2. The Bertz CT molecular complexity index is 909. The maximum atomic E-state index is 12.3. The van der Waals surface area contributed by atoms with Gasteiger partial charge in [0.15, 0.2) is 0 Å². The van der Waals surface area contributed by atoms with Crippen molar-refractivity contribution in [3.8, 4) is 0 Å². The molecule has 1 aromatic heterocycles. The van der Waals surface area contributed by atoms with Crippen LogP contribution in [0, 0.1) is 0 Å². The number of para-hydroxylation sites is 1.